The van der Waals surface area contributed by atoms with Crippen molar-refractivity contribution in [3.8, 4) is 0 Å². The van der Waals surface area contributed by atoms with Crippen LogP contribution in [-0.4, -0.2) is 44.6 Å². The molecule has 1 aliphatic rings. The Morgan fingerprint density at radius 2 is 2.14 bits per heavy atom. The molecule has 1 saturated heterocycles. The van der Waals surface area contributed by atoms with Crippen molar-refractivity contribution >= 4 is 21.6 Å². The largest absolute Gasteiger partial charge is 0.338 e. The summed E-state index contributed by atoms with van der Waals surface area (Å²) in [7, 11) is -3.42. The molecule has 1 fully saturated rings. The van der Waals surface area contributed by atoms with Crippen LogP contribution in [0.15, 0.2) is 24.3 Å². The highest BCUT2D eigenvalue weighted by atomic mass is 32.2. The third kappa shape index (κ3) is 3.98. The van der Waals surface area contributed by atoms with Crippen LogP contribution in [0.3, 0.4) is 0 Å². The average Bonchev–Trinajstić information content (AvgIpc) is 2.95. The van der Waals surface area contributed by atoms with E-state index in [-0.39, 0.29) is 11.7 Å². The summed E-state index contributed by atoms with van der Waals surface area (Å²) in [5.74, 6) is 0.215. The number of benzene rings is 1. The molecule has 1 aromatic rings. The molecule has 6 nitrogen and oxygen atoms in total. The van der Waals surface area contributed by atoms with Gasteiger partial charge in [0.1, 0.15) is 0 Å². The minimum absolute atomic E-state index is 0.0362. The first-order valence-corrected chi connectivity index (χ1v) is 9.21. The third-order valence-corrected chi connectivity index (χ3v) is 5.28. The van der Waals surface area contributed by atoms with Crippen molar-refractivity contribution in [3.05, 3.63) is 29.8 Å². The summed E-state index contributed by atoms with van der Waals surface area (Å²) in [6.45, 7) is 3.66. The molecule has 0 aromatic heterocycles. The summed E-state index contributed by atoms with van der Waals surface area (Å²) in [5, 5.41) is 0. The van der Waals surface area contributed by atoms with Gasteiger partial charge in [0.15, 0.2) is 0 Å². The Labute approximate surface area is 131 Å². The molecule has 2 rings (SSSR count). The molecule has 0 aliphatic carbocycles. The molecule has 22 heavy (non-hydrogen) atoms. The summed E-state index contributed by atoms with van der Waals surface area (Å²) in [4.78, 5) is 14.4. The van der Waals surface area contributed by atoms with Gasteiger partial charge in [0.25, 0.3) is 5.91 Å². The molecule has 1 amide bonds. The Balaban J connectivity index is 2.20. The van der Waals surface area contributed by atoms with Gasteiger partial charge in [-0.2, -0.15) is 0 Å². The summed E-state index contributed by atoms with van der Waals surface area (Å²) in [5.41, 5.74) is 6.39. The Morgan fingerprint density at radius 3 is 2.77 bits per heavy atom. The van der Waals surface area contributed by atoms with Crippen molar-refractivity contribution in [1.82, 2.24) is 4.90 Å². The molecule has 1 unspecified atom stereocenters. The molecule has 0 saturated carbocycles. The van der Waals surface area contributed by atoms with E-state index in [2.05, 4.69) is 4.72 Å². The van der Waals surface area contributed by atoms with Crippen molar-refractivity contribution in [2.45, 2.75) is 19.8 Å². The SMILES string of the molecule is CCCS(=O)(=O)Nc1ccccc1C(=O)N1CCC(CN)C1. The number of nitrogens with two attached hydrogens (primary N) is 1. The van der Waals surface area contributed by atoms with Gasteiger partial charge in [-0.1, -0.05) is 19.1 Å². The van der Waals surface area contributed by atoms with Crippen molar-refractivity contribution in [2.75, 3.05) is 30.1 Å². The van der Waals surface area contributed by atoms with Crippen LogP contribution in [0.25, 0.3) is 0 Å². The molecule has 1 atom stereocenters. The molecule has 1 heterocycles. The zero-order valence-electron chi connectivity index (χ0n) is 12.8. The highest BCUT2D eigenvalue weighted by molar-refractivity contribution is 7.92. The maximum atomic E-state index is 12.6. The van der Waals surface area contributed by atoms with Crippen molar-refractivity contribution in [1.29, 1.82) is 0 Å². The molecule has 1 aliphatic heterocycles. The van der Waals surface area contributed by atoms with Gasteiger partial charge >= 0.3 is 0 Å². The van der Waals surface area contributed by atoms with E-state index in [9.17, 15) is 13.2 Å². The Hall–Kier alpha value is -1.60. The fraction of sp³-hybridized carbons (Fsp3) is 0.533. The number of carbonyl (C=O) groups is 1. The van der Waals surface area contributed by atoms with Gasteiger partial charge in [0, 0.05) is 13.1 Å². The molecule has 122 valence electrons. The highest BCUT2D eigenvalue weighted by Crippen LogP contribution is 2.23. The lowest BCUT2D eigenvalue weighted by Crippen LogP contribution is -2.31. The van der Waals surface area contributed by atoms with Crippen LogP contribution < -0.4 is 10.5 Å². The fourth-order valence-corrected chi connectivity index (χ4v) is 3.78. The monoisotopic (exact) mass is 325 g/mol. The zero-order chi connectivity index (χ0) is 16.2. The van der Waals surface area contributed by atoms with Crippen LogP contribution >= 0.6 is 0 Å². The topological polar surface area (TPSA) is 92.5 Å². The quantitative estimate of drug-likeness (QED) is 0.823. The molecule has 0 bridgehead atoms. The summed E-state index contributed by atoms with van der Waals surface area (Å²) < 4.78 is 26.4. The number of sulfonamides is 1. The van der Waals surface area contributed by atoms with Gasteiger partial charge in [-0.15, -0.1) is 0 Å². The minimum atomic E-state index is -3.42. The van der Waals surface area contributed by atoms with E-state index < -0.39 is 10.0 Å². The average molecular weight is 325 g/mol. The van der Waals surface area contributed by atoms with E-state index in [1.165, 1.54) is 0 Å². The van der Waals surface area contributed by atoms with E-state index in [0.29, 0.717) is 43.2 Å². The first-order valence-electron chi connectivity index (χ1n) is 7.55. The van der Waals surface area contributed by atoms with E-state index in [1.807, 2.05) is 0 Å². The highest BCUT2D eigenvalue weighted by Gasteiger charge is 2.27. The van der Waals surface area contributed by atoms with Crippen LogP contribution in [-0.2, 0) is 10.0 Å². The minimum Gasteiger partial charge on any atom is -0.338 e. The van der Waals surface area contributed by atoms with Crippen LogP contribution in [0.2, 0.25) is 0 Å². The fourth-order valence-electron chi connectivity index (χ4n) is 2.63. The van der Waals surface area contributed by atoms with Gasteiger partial charge in [0.2, 0.25) is 10.0 Å². The number of likely N-dealkylation sites (tertiary alicyclic amines) is 1. The number of amides is 1. The zero-order valence-corrected chi connectivity index (χ0v) is 13.6. The van der Waals surface area contributed by atoms with E-state index in [4.69, 9.17) is 5.73 Å². The second-order valence-corrected chi connectivity index (χ2v) is 7.45. The molecular weight excluding hydrogens is 302 g/mol. The van der Waals surface area contributed by atoms with E-state index in [0.717, 1.165) is 6.42 Å². The molecular formula is C15H23N3O3S. The number of anilines is 1. The lowest BCUT2D eigenvalue weighted by atomic mass is 10.1. The molecule has 7 heteroatoms. The molecule has 3 N–H and O–H groups in total. The lowest BCUT2D eigenvalue weighted by Gasteiger charge is -2.19. The predicted molar refractivity (Wildman–Crippen MR) is 87.2 cm³/mol. The number of nitrogens with one attached hydrogen (secondary N) is 1. The van der Waals surface area contributed by atoms with Gasteiger partial charge in [-0.3, -0.25) is 9.52 Å². The number of rotatable bonds is 6. The molecule has 0 radical (unpaired) electrons. The number of para-hydroxylation sites is 1. The second kappa shape index (κ2) is 7.11. The first kappa shape index (κ1) is 16.8. The standard InChI is InChI=1S/C15H23N3O3S/c1-2-9-22(20,21)17-14-6-4-3-5-13(14)15(19)18-8-7-12(10-16)11-18/h3-6,12,17H,2,7-11,16H2,1H3. The van der Waals surface area contributed by atoms with Gasteiger partial charge < -0.3 is 10.6 Å². The Bertz CT molecular complexity index is 631. The summed E-state index contributed by atoms with van der Waals surface area (Å²) in [6, 6.07) is 6.73. The second-order valence-electron chi connectivity index (χ2n) is 5.61. The van der Waals surface area contributed by atoms with Gasteiger partial charge in [-0.05, 0) is 37.4 Å². The van der Waals surface area contributed by atoms with Crippen LogP contribution in [0.4, 0.5) is 5.69 Å². The number of nitrogens with zero attached hydrogens (tertiary/aromatic N) is 1. The van der Waals surface area contributed by atoms with Crippen molar-refractivity contribution in [2.24, 2.45) is 11.7 Å². The normalized spacial score (nSPS) is 18.5. The molecule has 0 spiro atoms. The smallest absolute Gasteiger partial charge is 0.255 e. The van der Waals surface area contributed by atoms with Crippen LogP contribution in [0, 0.1) is 5.92 Å². The molecule has 1 aromatic carbocycles. The van der Waals surface area contributed by atoms with Gasteiger partial charge in [0.05, 0.1) is 17.0 Å². The Kier molecular flexibility index (Phi) is 5.42. The number of hydrogen-bond acceptors (Lipinski definition) is 4. The third-order valence-electron chi connectivity index (χ3n) is 3.80. The van der Waals surface area contributed by atoms with Crippen molar-refractivity contribution < 1.29 is 13.2 Å². The predicted octanol–water partition coefficient (Wildman–Crippen LogP) is 1.26. The lowest BCUT2D eigenvalue weighted by molar-refractivity contribution is 0.0788. The van der Waals surface area contributed by atoms with E-state index >= 15 is 0 Å². The summed E-state index contributed by atoms with van der Waals surface area (Å²) in [6.07, 6.45) is 1.42. The number of hydrogen-bond donors (Lipinski definition) is 2. The maximum Gasteiger partial charge on any atom is 0.255 e. The maximum absolute atomic E-state index is 12.6. The first-order chi connectivity index (χ1) is 10.5. The van der Waals surface area contributed by atoms with Crippen LogP contribution in [0.1, 0.15) is 30.1 Å². The van der Waals surface area contributed by atoms with E-state index in [1.54, 1.807) is 36.1 Å². The summed E-state index contributed by atoms with van der Waals surface area (Å²) >= 11 is 0. The Morgan fingerprint density at radius 1 is 1.41 bits per heavy atom. The van der Waals surface area contributed by atoms with Crippen LogP contribution in [0.5, 0.6) is 0 Å². The van der Waals surface area contributed by atoms with Gasteiger partial charge in [-0.25, -0.2) is 8.42 Å². The van der Waals surface area contributed by atoms with Crippen molar-refractivity contribution in [3.63, 3.8) is 0 Å². The number of carbonyl (C=O) groups excluding carboxylic acids is 1.